The molecule has 88 valence electrons. The van der Waals surface area contributed by atoms with Gasteiger partial charge in [-0.2, -0.15) is 0 Å². The molecule has 0 spiro atoms. The monoisotopic (exact) mass is 217 g/mol. The Bertz CT molecular complexity index is 342. The highest BCUT2D eigenvalue weighted by atomic mass is 14.7. The van der Waals surface area contributed by atoms with Gasteiger partial charge in [0.15, 0.2) is 0 Å². The molecule has 0 bridgehead atoms. The fourth-order valence-electron chi connectivity index (χ4n) is 2.27. The Labute approximate surface area is 99.7 Å². The summed E-state index contributed by atoms with van der Waals surface area (Å²) < 4.78 is 0. The summed E-state index contributed by atoms with van der Waals surface area (Å²) in [6.45, 7) is 14.4. The van der Waals surface area contributed by atoms with Crippen LogP contribution in [0.2, 0.25) is 0 Å². The first-order valence-electron chi connectivity index (χ1n) is 6.10. The molecule has 0 aliphatic heterocycles. The summed E-state index contributed by atoms with van der Waals surface area (Å²) in [5.41, 5.74) is 4.19. The average molecular weight is 217 g/mol. The molecule has 0 atom stereocenters. The van der Waals surface area contributed by atoms with Crippen LogP contribution in [0.25, 0.3) is 0 Å². The third-order valence-electron chi connectivity index (χ3n) is 3.58. The number of hydrogen-bond donors (Lipinski definition) is 0. The Morgan fingerprint density at radius 3 is 2.56 bits per heavy atom. The number of hydrogen-bond acceptors (Lipinski definition) is 1. The van der Waals surface area contributed by atoms with E-state index in [4.69, 9.17) is 0 Å². The van der Waals surface area contributed by atoms with Crippen molar-refractivity contribution in [3.8, 4) is 0 Å². The van der Waals surface area contributed by atoms with Crippen molar-refractivity contribution in [1.29, 1.82) is 0 Å². The fourth-order valence-corrected chi connectivity index (χ4v) is 2.27. The average Bonchev–Trinajstić information content (AvgIpc) is 2.68. The quantitative estimate of drug-likeness (QED) is 0.648. The maximum Gasteiger partial charge on any atom is 0.0438 e. The first-order chi connectivity index (χ1) is 7.56. The van der Waals surface area contributed by atoms with Gasteiger partial charge in [0, 0.05) is 11.9 Å². The summed E-state index contributed by atoms with van der Waals surface area (Å²) in [5.74, 6) is 0. The Morgan fingerprint density at radius 1 is 1.38 bits per heavy atom. The van der Waals surface area contributed by atoms with Crippen molar-refractivity contribution in [2.45, 2.75) is 46.5 Å². The van der Waals surface area contributed by atoms with E-state index in [1.165, 1.54) is 23.3 Å². The Kier molecular flexibility index (Phi) is 4.28. The summed E-state index contributed by atoms with van der Waals surface area (Å²) in [6, 6.07) is 0. The van der Waals surface area contributed by atoms with E-state index in [-0.39, 0.29) is 5.41 Å². The Morgan fingerprint density at radius 2 is 2.06 bits per heavy atom. The molecule has 0 N–H and O–H groups in total. The van der Waals surface area contributed by atoms with Crippen molar-refractivity contribution in [3.63, 3.8) is 0 Å². The molecular weight excluding hydrogens is 194 g/mol. The van der Waals surface area contributed by atoms with Crippen LogP contribution in [-0.4, -0.2) is 5.71 Å². The standard InChI is InChI=1S/C15H23N/c1-6-13(15(4,5)7-2)12-10-9-11-14(12)16-8-3/h6,8H,1,3,7,9-11H2,2,4-5H3/b13-12+,16-14-. The molecule has 0 radical (unpaired) electrons. The van der Waals surface area contributed by atoms with E-state index >= 15 is 0 Å². The minimum Gasteiger partial charge on any atom is -0.262 e. The molecule has 1 saturated carbocycles. The lowest BCUT2D eigenvalue weighted by atomic mass is 9.78. The van der Waals surface area contributed by atoms with E-state index in [2.05, 4.69) is 38.9 Å². The van der Waals surface area contributed by atoms with Gasteiger partial charge in [-0.1, -0.05) is 40.0 Å². The SMILES string of the molecule is C=C/N=C1/CCC/C1=C(/C=C)C(C)(C)CC. The van der Waals surface area contributed by atoms with Crippen molar-refractivity contribution in [3.05, 3.63) is 36.6 Å². The predicted octanol–water partition coefficient (Wildman–Crippen LogP) is 4.67. The molecule has 0 aromatic rings. The maximum atomic E-state index is 4.40. The second kappa shape index (κ2) is 5.29. The van der Waals surface area contributed by atoms with E-state index in [0.29, 0.717) is 0 Å². The fraction of sp³-hybridized carbons (Fsp3) is 0.533. The molecule has 1 heteroatoms. The molecule has 16 heavy (non-hydrogen) atoms. The zero-order valence-corrected chi connectivity index (χ0v) is 10.8. The molecule has 0 aromatic carbocycles. The van der Waals surface area contributed by atoms with Gasteiger partial charge in [-0.05, 0) is 42.2 Å². The van der Waals surface area contributed by atoms with Crippen LogP contribution >= 0.6 is 0 Å². The van der Waals surface area contributed by atoms with E-state index < -0.39 is 0 Å². The van der Waals surface area contributed by atoms with Crippen LogP contribution in [0.15, 0.2) is 41.6 Å². The van der Waals surface area contributed by atoms with E-state index in [0.717, 1.165) is 19.3 Å². The molecule has 0 heterocycles. The predicted molar refractivity (Wildman–Crippen MR) is 72.8 cm³/mol. The largest absolute Gasteiger partial charge is 0.262 e. The van der Waals surface area contributed by atoms with E-state index in [9.17, 15) is 0 Å². The first kappa shape index (κ1) is 13.0. The molecule has 1 rings (SSSR count). The van der Waals surface area contributed by atoms with Crippen molar-refractivity contribution < 1.29 is 0 Å². The zero-order chi connectivity index (χ0) is 12.2. The summed E-state index contributed by atoms with van der Waals surface area (Å²) in [5, 5.41) is 0. The molecule has 0 aromatic heterocycles. The highest BCUT2D eigenvalue weighted by molar-refractivity contribution is 6.03. The van der Waals surface area contributed by atoms with Gasteiger partial charge in [-0.15, -0.1) is 0 Å². The van der Waals surface area contributed by atoms with Gasteiger partial charge in [0.25, 0.3) is 0 Å². The molecule has 0 unspecified atom stereocenters. The van der Waals surface area contributed by atoms with Crippen LogP contribution in [0.5, 0.6) is 0 Å². The highest BCUT2D eigenvalue weighted by Crippen LogP contribution is 2.37. The molecule has 1 nitrogen and oxygen atoms in total. The van der Waals surface area contributed by atoms with Crippen molar-refractivity contribution in [2.24, 2.45) is 10.4 Å². The molecule has 1 aliphatic carbocycles. The molecule has 1 fully saturated rings. The zero-order valence-electron chi connectivity index (χ0n) is 10.8. The van der Waals surface area contributed by atoms with Crippen LogP contribution in [0.3, 0.4) is 0 Å². The molecule has 0 amide bonds. The molecular formula is C15H23N. The molecule has 1 aliphatic rings. The van der Waals surface area contributed by atoms with Crippen LogP contribution in [0.1, 0.15) is 46.5 Å². The van der Waals surface area contributed by atoms with Crippen molar-refractivity contribution >= 4 is 5.71 Å². The summed E-state index contributed by atoms with van der Waals surface area (Å²) in [7, 11) is 0. The third kappa shape index (κ3) is 2.52. The normalized spacial score (nSPS) is 22.3. The Hall–Kier alpha value is -1.11. The van der Waals surface area contributed by atoms with Gasteiger partial charge in [0.1, 0.15) is 0 Å². The molecule has 0 saturated heterocycles. The van der Waals surface area contributed by atoms with Crippen LogP contribution in [0.4, 0.5) is 0 Å². The third-order valence-corrected chi connectivity index (χ3v) is 3.58. The maximum absolute atomic E-state index is 4.40. The second-order valence-corrected chi connectivity index (χ2v) is 4.95. The summed E-state index contributed by atoms with van der Waals surface area (Å²) in [4.78, 5) is 4.40. The minimum absolute atomic E-state index is 0.198. The van der Waals surface area contributed by atoms with Gasteiger partial charge in [-0.25, -0.2) is 0 Å². The summed E-state index contributed by atoms with van der Waals surface area (Å²) >= 11 is 0. The lowest BCUT2D eigenvalue weighted by Crippen LogP contribution is -2.15. The van der Waals surface area contributed by atoms with Gasteiger partial charge in [0.2, 0.25) is 0 Å². The van der Waals surface area contributed by atoms with Crippen LogP contribution in [0, 0.1) is 5.41 Å². The van der Waals surface area contributed by atoms with Crippen molar-refractivity contribution in [1.82, 2.24) is 0 Å². The lowest BCUT2D eigenvalue weighted by molar-refractivity contribution is 0.437. The van der Waals surface area contributed by atoms with Crippen LogP contribution in [-0.2, 0) is 0 Å². The van der Waals surface area contributed by atoms with Crippen LogP contribution < -0.4 is 0 Å². The topological polar surface area (TPSA) is 12.4 Å². The smallest absolute Gasteiger partial charge is 0.0438 e. The lowest BCUT2D eigenvalue weighted by Gasteiger charge is -2.26. The number of aliphatic imine (C=N–C) groups is 1. The minimum atomic E-state index is 0.198. The van der Waals surface area contributed by atoms with E-state index in [1.807, 2.05) is 6.08 Å². The van der Waals surface area contributed by atoms with Gasteiger partial charge >= 0.3 is 0 Å². The number of rotatable bonds is 4. The summed E-state index contributed by atoms with van der Waals surface area (Å²) in [6.07, 6.45) is 8.22. The number of nitrogens with zero attached hydrogens (tertiary/aromatic N) is 1. The highest BCUT2D eigenvalue weighted by Gasteiger charge is 2.26. The van der Waals surface area contributed by atoms with Gasteiger partial charge in [-0.3, -0.25) is 4.99 Å². The van der Waals surface area contributed by atoms with E-state index in [1.54, 1.807) is 6.20 Å². The van der Waals surface area contributed by atoms with Gasteiger partial charge < -0.3 is 0 Å². The van der Waals surface area contributed by atoms with Crippen molar-refractivity contribution in [2.75, 3.05) is 0 Å². The second-order valence-electron chi connectivity index (χ2n) is 4.95. The Balaban J connectivity index is 3.22. The number of allylic oxidation sites excluding steroid dienone is 3. The van der Waals surface area contributed by atoms with Gasteiger partial charge in [0.05, 0.1) is 0 Å². The first-order valence-corrected chi connectivity index (χ1v) is 6.10.